The van der Waals surface area contributed by atoms with Crippen molar-refractivity contribution in [1.29, 1.82) is 0 Å². The highest BCUT2D eigenvalue weighted by molar-refractivity contribution is 5.51. The summed E-state index contributed by atoms with van der Waals surface area (Å²) in [6.07, 6.45) is 0.802. The zero-order chi connectivity index (χ0) is 21.6. The highest BCUT2D eigenvalue weighted by Crippen LogP contribution is 2.43. The molecule has 0 saturated heterocycles. The maximum absolute atomic E-state index is 14.2. The van der Waals surface area contributed by atoms with Crippen LogP contribution in [0, 0.1) is 5.82 Å². The fourth-order valence-electron chi connectivity index (χ4n) is 3.74. The van der Waals surface area contributed by atoms with E-state index in [0.29, 0.717) is 18.0 Å². The standard InChI is InChI=1S/C22H31FN2O4/c1-6-13-7-20(27-3)14(8-19(13)26-2)16(11-24)17(12-25)15-9-22(29-5)18(23)10-21(15)28-4/h7-10,16-17H,6,11-12,24-25H2,1-5H3. The summed E-state index contributed by atoms with van der Waals surface area (Å²) < 4.78 is 36.0. The summed E-state index contributed by atoms with van der Waals surface area (Å²) in [6.45, 7) is 2.62. The molecule has 0 amide bonds. The second-order valence-electron chi connectivity index (χ2n) is 6.67. The summed E-state index contributed by atoms with van der Waals surface area (Å²) in [5, 5.41) is 0. The first-order valence-electron chi connectivity index (χ1n) is 9.55. The molecule has 160 valence electrons. The van der Waals surface area contributed by atoms with Gasteiger partial charge in [0.05, 0.1) is 28.4 Å². The van der Waals surface area contributed by atoms with E-state index < -0.39 is 5.82 Å². The van der Waals surface area contributed by atoms with Crippen LogP contribution >= 0.6 is 0 Å². The largest absolute Gasteiger partial charge is 0.496 e. The highest BCUT2D eigenvalue weighted by atomic mass is 19.1. The Labute approximate surface area is 171 Å². The highest BCUT2D eigenvalue weighted by Gasteiger charge is 2.30. The van der Waals surface area contributed by atoms with Crippen LogP contribution in [0.25, 0.3) is 0 Å². The molecule has 0 radical (unpaired) electrons. The molecule has 2 atom stereocenters. The van der Waals surface area contributed by atoms with E-state index in [1.807, 2.05) is 12.1 Å². The first kappa shape index (κ1) is 22.8. The van der Waals surface area contributed by atoms with Crippen LogP contribution < -0.4 is 30.4 Å². The van der Waals surface area contributed by atoms with Crippen molar-refractivity contribution in [2.75, 3.05) is 41.5 Å². The molecule has 6 nitrogen and oxygen atoms in total. The molecular formula is C22H31FN2O4. The Morgan fingerprint density at radius 3 is 1.59 bits per heavy atom. The molecule has 0 aliphatic heterocycles. The van der Waals surface area contributed by atoms with Crippen molar-refractivity contribution in [1.82, 2.24) is 0 Å². The molecule has 2 aromatic rings. The predicted molar refractivity (Wildman–Crippen MR) is 112 cm³/mol. The lowest BCUT2D eigenvalue weighted by atomic mass is 9.80. The first-order valence-corrected chi connectivity index (χ1v) is 9.55. The van der Waals surface area contributed by atoms with Crippen LogP contribution in [0.5, 0.6) is 23.0 Å². The van der Waals surface area contributed by atoms with E-state index >= 15 is 0 Å². The summed E-state index contributed by atoms with van der Waals surface area (Å²) in [5.41, 5.74) is 15.0. The van der Waals surface area contributed by atoms with Gasteiger partial charge in [0.1, 0.15) is 17.2 Å². The molecule has 0 aliphatic rings. The van der Waals surface area contributed by atoms with E-state index in [-0.39, 0.29) is 24.1 Å². The molecular weight excluding hydrogens is 375 g/mol. The van der Waals surface area contributed by atoms with Crippen LogP contribution in [0.3, 0.4) is 0 Å². The third-order valence-electron chi connectivity index (χ3n) is 5.31. The maximum atomic E-state index is 14.2. The molecule has 0 fully saturated rings. The Hall–Kier alpha value is -2.51. The Kier molecular flexibility index (Phi) is 8.10. The SMILES string of the molecule is CCc1cc(OC)c(C(CN)C(CN)c2cc(OC)c(F)cc2OC)cc1OC. The zero-order valence-electron chi connectivity index (χ0n) is 17.8. The van der Waals surface area contributed by atoms with Crippen molar-refractivity contribution in [3.05, 3.63) is 46.8 Å². The van der Waals surface area contributed by atoms with Gasteiger partial charge in [0.2, 0.25) is 0 Å². The smallest absolute Gasteiger partial charge is 0.168 e. The van der Waals surface area contributed by atoms with Gasteiger partial charge in [0.25, 0.3) is 0 Å². The van der Waals surface area contributed by atoms with Crippen molar-refractivity contribution >= 4 is 0 Å². The van der Waals surface area contributed by atoms with Gasteiger partial charge in [-0.2, -0.15) is 0 Å². The molecule has 2 aromatic carbocycles. The Morgan fingerprint density at radius 2 is 1.17 bits per heavy atom. The summed E-state index contributed by atoms with van der Waals surface area (Å²) in [6, 6.07) is 6.85. The topological polar surface area (TPSA) is 89.0 Å². The molecule has 7 heteroatoms. The van der Waals surface area contributed by atoms with Crippen molar-refractivity contribution in [3.63, 3.8) is 0 Å². The van der Waals surface area contributed by atoms with Crippen molar-refractivity contribution < 1.29 is 23.3 Å². The zero-order valence-corrected chi connectivity index (χ0v) is 17.8. The van der Waals surface area contributed by atoms with E-state index in [0.717, 1.165) is 28.9 Å². The number of ether oxygens (including phenoxy) is 4. The van der Waals surface area contributed by atoms with Gasteiger partial charge in [-0.3, -0.25) is 0 Å². The van der Waals surface area contributed by atoms with Gasteiger partial charge in [-0.15, -0.1) is 0 Å². The molecule has 0 heterocycles. The molecule has 0 aromatic heterocycles. The third-order valence-corrected chi connectivity index (χ3v) is 5.31. The van der Waals surface area contributed by atoms with Crippen LogP contribution in [0.1, 0.15) is 35.4 Å². The average molecular weight is 406 g/mol. The molecule has 0 bridgehead atoms. The normalized spacial score (nSPS) is 13.0. The van der Waals surface area contributed by atoms with Gasteiger partial charge in [-0.25, -0.2) is 4.39 Å². The van der Waals surface area contributed by atoms with E-state index in [4.69, 9.17) is 30.4 Å². The van der Waals surface area contributed by atoms with Gasteiger partial charge in [0.15, 0.2) is 11.6 Å². The summed E-state index contributed by atoms with van der Waals surface area (Å²) in [7, 11) is 6.17. The van der Waals surface area contributed by atoms with Crippen molar-refractivity contribution in [2.24, 2.45) is 11.5 Å². The lowest BCUT2D eigenvalue weighted by molar-refractivity contribution is 0.367. The van der Waals surface area contributed by atoms with Crippen LogP contribution in [0.15, 0.2) is 24.3 Å². The van der Waals surface area contributed by atoms with Gasteiger partial charge in [0, 0.05) is 29.0 Å². The Bertz CT molecular complexity index is 829. The monoisotopic (exact) mass is 406 g/mol. The van der Waals surface area contributed by atoms with Gasteiger partial charge < -0.3 is 30.4 Å². The van der Waals surface area contributed by atoms with Gasteiger partial charge in [-0.05, 0) is 43.3 Å². The quantitative estimate of drug-likeness (QED) is 0.630. The molecule has 2 rings (SSSR count). The molecule has 29 heavy (non-hydrogen) atoms. The fraction of sp³-hybridized carbons (Fsp3) is 0.455. The lowest BCUT2D eigenvalue weighted by Gasteiger charge is -2.29. The molecule has 2 unspecified atom stereocenters. The van der Waals surface area contributed by atoms with Crippen LogP contribution in [0.4, 0.5) is 4.39 Å². The molecule has 4 N–H and O–H groups in total. The number of aryl methyl sites for hydroxylation is 1. The number of benzene rings is 2. The number of hydrogen-bond acceptors (Lipinski definition) is 6. The number of halogens is 1. The molecule has 0 saturated carbocycles. The predicted octanol–water partition coefficient (Wildman–Crippen LogP) is 3.21. The van der Waals surface area contributed by atoms with Gasteiger partial charge in [-0.1, -0.05) is 6.92 Å². The van der Waals surface area contributed by atoms with Crippen molar-refractivity contribution in [2.45, 2.75) is 25.2 Å². The van der Waals surface area contributed by atoms with Crippen LogP contribution in [0.2, 0.25) is 0 Å². The molecule has 0 spiro atoms. The first-order chi connectivity index (χ1) is 14.0. The van der Waals surface area contributed by atoms with E-state index in [9.17, 15) is 4.39 Å². The number of nitrogens with two attached hydrogens (primary N) is 2. The average Bonchev–Trinajstić information content (AvgIpc) is 2.76. The number of rotatable bonds is 10. The lowest BCUT2D eigenvalue weighted by Crippen LogP contribution is -2.27. The number of hydrogen-bond donors (Lipinski definition) is 2. The Morgan fingerprint density at radius 1 is 0.724 bits per heavy atom. The van der Waals surface area contributed by atoms with Crippen LogP contribution in [-0.4, -0.2) is 41.5 Å². The van der Waals surface area contributed by atoms with E-state index in [1.54, 1.807) is 20.3 Å². The Balaban J connectivity index is 2.66. The second kappa shape index (κ2) is 10.3. The number of methoxy groups -OCH3 is 4. The summed E-state index contributed by atoms with van der Waals surface area (Å²) in [5.74, 6) is 1.04. The van der Waals surface area contributed by atoms with E-state index in [2.05, 4.69) is 6.92 Å². The van der Waals surface area contributed by atoms with E-state index in [1.165, 1.54) is 20.3 Å². The summed E-state index contributed by atoms with van der Waals surface area (Å²) in [4.78, 5) is 0. The third kappa shape index (κ3) is 4.57. The second-order valence-corrected chi connectivity index (χ2v) is 6.67. The minimum absolute atomic E-state index is 0.126. The minimum atomic E-state index is -0.500. The molecule has 0 aliphatic carbocycles. The van der Waals surface area contributed by atoms with Crippen LogP contribution in [-0.2, 0) is 6.42 Å². The van der Waals surface area contributed by atoms with Gasteiger partial charge >= 0.3 is 0 Å². The fourth-order valence-corrected chi connectivity index (χ4v) is 3.74. The maximum Gasteiger partial charge on any atom is 0.168 e. The minimum Gasteiger partial charge on any atom is -0.496 e. The van der Waals surface area contributed by atoms with Crippen molar-refractivity contribution in [3.8, 4) is 23.0 Å². The summed E-state index contributed by atoms with van der Waals surface area (Å²) >= 11 is 0.